The van der Waals surface area contributed by atoms with E-state index in [0.717, 1.165) is 22.6 Å². The van der Waals surface area contributed by atoms with E-state index < -0.39 is 0 Å². The van der Waals surface area contributed by atoms with Crippen LogP contribution in [0.5, 0.6) is 0 Å². The van der Waals surface area contributed by atoms with Gasteiger partial charge in [-0.3, -0.25) is 0 Å². The Bertz CT molecular complexity index is 438. The Morgan fingerprint density at radius 3 is 2.43 bits per heavy atom. The largest absolute Gasteiger partial charge is 0.399 e. The van der Waals surface area contributed by atoms with E-state index in [1.165, 1.54) is 0 Å². The lowest BCUT2D eigenvalue weighted by molar-refractivity contribution is 0.942. The van der Waals surface area contributed by atoms with E-state index in [-0.39, 0.29) is 0 Å². The first-order valence-corrected chi connectivity index (χ1v) is 4.44. The first kappa shape index (κ1) is 8.69. The van der Waals surface area contributed by atoms with Gasteiger partial charge in [-0.15, -0.1) is 0 Å². The van der Waals surface area contributed by atoms with Crippen molar-refractivity contribution in [3.8, 4) is 11.1 Å². The van der Waals surface area contributed by atoms with E-state index in [9.17, 15) is 0 Å². The number of aromatic nitrogens is 1. The lowest BCUT2D eigenvalue weighted by Crippen LogP contribution is -1.92. The Morgan fingerprint density at radius 2 is 1.86 bits per heavy atom. The summed E-state index contributed by atoms with van der Waals surface area (Å²) in [6.45, 7) is 0. The Hall–Kier alpha value is -1.90. The molecule has 1 aromatic carbocycles. The number of anilines is 2. The molecule has 0 atom stereocenters. The standard InChI is InChI=1S/C11H13N3/c1-14-7-9(6-11(14)13)8-3-2-4-10(12)5-8/h2-7H,12-13H2,1H3. The second-order valence-corrected chi connectivity index (χ2v) is 3.39. The number of rotatable bonds is 1. The summed E-state index contributed by atoms with van der Waals surface area (Å²) in [6, 6.07) is 9.71. The molecule has 0 spiro atoms. The maximum absolute atomic E-state index is 5.75. The van der Waals surface area contributed by atoms with E-state index in [4.69, 9.17) is 11.5 Å². The van der Waals surface area contributed by atoms with Crippen molar-refractivity contribution in [3.63, 3.8) is 0 Å². The van der Waals surface area contributed by atoms with Crippen molar-refractivity contribution in [2.24, 2.45) is 7.05 Å². The molecular weight excluding hydrogens is 174 g/mol. The zero-order valence-corrected chi connectivity index (χ0v) is 8.07. The average molecular weight is 187 g/mol. The van der Waals surface area contributed by atoms with Crippen LogP contribution >= 0.6 is 0 Å². The van der Waals surface area contributed by atoms with Gasteiger partial charge in [-0.05, 0) is 23.8 Å². The molecule has 2 aromatic rings. The van der Waals surface area contributed by atoms with Crippen molar-refractivity contribution < 1.29 is 0 Å². The van der Waals surface area contributed by atoms with Crippen molar-refractivity contribution in [1.29, 1.82) is 0 Å². The van der Waals surface area contributed by atoms with Crippen molar-refractivity contribution in [3.05, 3.63) is 36.5 Å². The molecule has 0 radical (unpaired) electrons. The van der Waals surface area contributed by atoms with Crippen LogP contribution < -0.4 is 11.5 Å². The summed E-state index contributed by atoms with van der Waals surface area (Å²) in [5, 5.41) is 0. The first-order chi connectivity index (χ1) is 6.66. The minimum atomic E-state index is 0.752. The van der Waals surface area contributed by atoms with Gasteiger partial charge in [-0.25, -0.2) is 0 Å². The highest BCUT2D eigenvalue weighted by Gasteiger charge is 2.02. The third-order valence-corrected chi connectivity index (χ3v) is 2.26. The molecule has 0 aliphatic carbocycles. The van der Waals surface area contributed by atoms with Gasteiger partial charge >= 0.3 is 0 Å². The Balaban J connectivity index is 2.49. The van der Waals surface area contributed by atoms with Gasteiger partial charge in [-0.2, -0.15) is 0 Å². The molecule has 0 saturated heterocycles. The van der Waals surface area contributed by atoms with Crippen LogP contribution in [0.1, 0.15) is 0 Å². The van der Waals surface area contributed by atoms with Gasteiger partial charge in [0.2, 0.25) is 0 Å². The van der Waals surface area contributed by atoms with Gasteiger partial charge in [0, 0.05) is 24.5 Å². The summed E-state index contributed by atoms with van der Waals surface area (Å²) in [6.07, 6.45) is 1.99. The molecule has 0 fully saturated rings. The van der Waals surface area contributed by atoms with E-state index in [1.54, 1.807) is 0 Å². The minimum Gasteiger partial charge on any atom is -0.399 e. The molecular formula is C11H13N3. The van der Waals surface area contributed by atoms with Gasteiger partial charge in [0.15, 0.2) is 0 Å². The summed E-state index contributed by atoms with van der Waals surface area (Å²) in [5.74, 6) is 0.752. The molecule has 3 nitrogen and oxygen atoms in total. The smallest absolute Gasteiger partial charge is 0.103 e. The van der Waals surface area contributed by atoms with Crippen molar-refractivity contribution in [2.75, 3.05) is 11.5 Å². The summed E-state index contributed by atoms with van der Waals surface area (Å²) in [5.41, 5.74) is 14.4. The van der Waals surface area contributed by atoms with Crippen LogP contribution in [0.2, 0.25) is 0 Å². The summed E-state index contributed by atoms with van der Waals surface area (Å²) >= 11 is 0. The lowest BCUT2D eigenvalue weighted by Gasteiger charge is -1.98. The van der Waals surface area contributed by atoms with Crippen LogP contribution in [0.3, 0.4) is 0 Å². The molecule has 2 rings (SSSR count). The Labute approximate surface area is 83.0 Å². The van der Waals surface area contributed by atoms with E-state index in [0.29, 0.717) is 0 Å². The molecule has 14 heavy (non-hydrogen) atoms. The van der Waals surface area contributed by atoms with E-state index in [2.05, 4.69) is 0 Å². The van der Waals surface area contributed by atoms with Gasteiger partial charge < -0.3 is 16.0 Å². The van der Waals surface area contributed by atoms with Gasteiger partial charge in [-0.1, -0.05) is 12.1 Å². The SMILES string of the molecule is Cn1cc(-c2cccc(N)c2)cc1N. The van der Waals surface area contributed by atoms with E-state index in [1.807, 2.05) is 48.1 Å². The Kier molecular flexibility index (Phi) is 1.93. The topological polar surface area (TPSA) is 57.0 Å². The van der Waals surface area contributed by atoms with Crippen LogP contribution in [0.25, 0.3) is 11.1 Å². The molecule has 0 amide bonds. The highest BCUT2D eigenvalue weighted by Crippen LogP contribution is 2.24. The maximum atomic E-state index is 5.75. The van der Waals surface area contributed by atoms with Gasteiger partial charge in [0.25, 0.3) is 0 Å². The number of benzene rings is 1. The quantitative estimate of drug-likeness (QED) is 0.669. The molecule has 0 unspecified atom stereocenters. The fourth-order valence-electron chi connectivity index (χ4n) is 1.46. The molecule has 4 N–H and O–H groups in total. The van der Waals surface area contributed by atoms with Gasteiger partial charge in [0.1, 0.15) is 5.82 Å². The first-order valence-electron chi connectivity index (χ1n) is 4.44. The number of nitrogens with two attached hydrogens (primary N) is 2. The summed E-state index contributed by atoms with van der Waals surface area (Å²) < 4.78 is 1.89. The fraction of sp³-hybridized carbons (Fsp3) is 0.0909. The average Bonchev–Trinajstić information content (AvgIpc) is 2.47. The zero-order valence-electron chi connectivity index (χ0n) is 8.07. The van der Waals surface area contributed by atoms with Crippen LogP contribution in [-0.2, 0) is 7.05 Å². The van der Waals surface area contributed by atoms with Gasteiger partial charge in [0.05, 0.1) is 0 Å². The van der Waals surface area contributed by atoms with Crippen LogP contribution in [-0.4, -0.2) is 4.57 Å². The molecule has 72 valence electrons. The molecule has 3 heteroatoms. The third-order valence-electron chi connectivity index (χ3n) is 2.26. The molecule has 0 bridgehead atoms. The fourth-order valence-corrected chi connectivity index (χ4v) is 1.46. The van der Waals surface area contributed by atoms with Crippen molar-refractivity contribution >= 4 is 11.5 Å². The molecule has 0 aliphatic rings. The zero-order chi connectivity index (χ0) is 10.1. The minimum absolute atomic E-state index is 0.752. The number of aryl methyl sites for hydroxylation is 1. The summed E-state index contributed by atoms with van der Waals surface area (Å²) in [7, 11) is 1.92. The second kappa shape index (κ2) is 3.10. The molecule has 1 heterocycles. The number of hydrogen-bond acceptors (Lipinski definition) is 2. The Morgan fingerprint density at radius 1 is 1.07 bits per heavy atom. The molecule has 0 saturated carbocycles. The molecule has 0 aliphatic heterocycles. The second-order valence-electron chi connectivity index (χ2n) is 3.39. The van der Waals surface area contributed by atoms with Crippen molar-refractivity contribution in [2.45, 2.75) is 0 Å². The number of nitrogens with zero attached hydrogens (tertiary/aromatic N) is 1. The highest BCUT2D eigenvalue weighted by atomic mass is 15.0. The van der Waals surface area contributed by atoms with Crippen LogP contribution in [0, 0.1) is 0 Å². The number of hydrogen-bond donors (Lipinski definition) is 2. The van der Waals surface area contributed by atoms with Crippen molar-refractivity contribution in [1.82, 2.24) is 4.57 Å². The normalized spacial score (nSPS) is 10.4. The monoisotopic (exact) mass is 187 g/mol. The van der Waals surface area contributed by atoms with Crippen LogP contribution in [0.4, 0.5) is 11.5 Å². The predicted molar refractivity (Wildman–Crippen MR) is 59.7 cm³/mol. The summed E-state index contributed by atoms with van der Waals surface area (Å²) in [4.78, 5) is 0. The predicted octanol–water partition coefficient (Wildman–Crippen LogP) is 1.86. The van der Waals surface area contributed by atoms with E-state index >= 15 is 0 Å². The maximum Gasteiger partial charge on any atom is 0.103 e. The van der Waals surface area contributed by atoms with Crippen LogP contribution in [0.15, 0.2) is 36.5 Å². The number of nitrogen functional groups attached to an aromatic ring is 2. The third kappa shape index (κ3) is 1.44. The molecule has 1 aromatic heterocycles. The highest BCUT2D eigenvalue weighted by molar-refractivity contribution is 5.69. The lowest BCUT2D eigenvalue weighted by atomic mass is 10.1.